The fourth-order valence-corrected chi connectivity index (χ4v) is 2.73. The summed E-state index contributed by atoms with van der Waals surface area (Å²) in [7, 11) is 1.40. The van der Waals surface area contributed by atoms with Crippen LogP contribution in [0.3, 0.4) is 0 Å². The number of carbonyl (C=O) groups excluding carboxylic acids is 1. The van der Waals surface area contributed by atoms with Crippen molar-refractivity contribution in [2.24, 2.45) is 0 Å². The molecule has 0 aliphatic rings. The number of hydrogen-bond acceptors (Lipinski definition) is 2. The highest BCUT2D eigenvalue weighted by molar-refractivity contribution is 5.95. The minimum atomic E-state index is -0.304. The summed E-state index contributed by atoms with van der Waals surface area (Å²) < 4.78 is 4.76. The van der Waals surface area contributed by atoms with Crippen LogP contribution in [0.2, 0.25) is 0 Å². The molecular weight excluding hydrogens is 296 g/mol. The number of allylic oxidation sites excluding steroid dienone is 1. The maximum absolute atomic E-state index is 11.6. The summed E-state index contributed by atoms with van der Waals surface area (Å²) in [5.74, 6) is -0.304. The zero-order valence-electron chi connectivity index (χ0n) is 13.7. The van der Waals surface area contributed by atoms with Gasteiger partial charge in [-0.3, -0.25) is 0 Å². The van der Waals surface area contributed by atoms with Crippen LogP contribution in [0, 0.1) is 0 Å². The van der Waals surface area contributed by atoms with E-state index in [0.29, 0.717) is 5.56 Å². The van der Waals surface area contributed by atoms with Crippen molar-refractivity contribution in [3.05, 3.63) is 89.5 Å². The fraction of sp³-hybridized carbons (Fsp3) is 0.136. The quantitative estimate of drug-likeness (QED) is 0.599. The number of fused-ring (bicyclic) bond motifs is 1. The van der Waals surface area contributed by atoms with Gasteiger partial charge in [-0.1, -0.05) is 60.7 Å². The maximum Gasteiger partial charge on any atom is 0.337 e. The molecular formula is C22H20O2. The lowest BCUT2D eigenvalue weighted by atomic mass is 10.0. The molecule has 0 spiro atoms. The lowest BCUT2D eigenvalue weighted by molar-refractivity contribution is 0.0601. The second-order valence-electron chi connectivity index (χ2n) is 5.74. The second kappa shape index (κ2) is 7.60. The minimum Gasteiger partial charge on any atom is -0.465 e. The third-order valence-corrected chi connectivity index (χ3v) is 4.04. The molecule has 0 atom stereocenters. The van der Waals surface area contributed by atoms with Gasteiger partial charge in [-0.2, -0.15) is 0 Å². The van der Waals surface area contributed by atoms with Crippen LogP contribution in [-0.2, 0) is 11.2 Å². The highest BCUT2D eigenvalue weighted by Crippen LogP contribution is 2.19. The molecule has 24 heavy (non-hydrogen) atoms. The Labute approximate surface area is 142 Å². The molecule has 0 heterocycles. The Hall–Kier alpha value is -2.87. The number of benzene rings is 3. The van der Waals surface area contributed by atoms with Gasteiger partial charge in [0.15, 0.2) is 0 Å². The molecule has 0 aliphatic heterocycles. The first kappa shape index (κ1) is 16.0. The van der Waals surface area contributed by atoms with E-state index in [4.69, 9.17) is 4.74 Å². The minimum absolute atomic E-state index is 0.304. The number of esters is 1. The number of methoxy groups -OCH3 is 1. The molecule has 0 saturated heterocycles. The number of rotatable bonds is 5. The summed E-state index contributed by atoms with van der Waals surface area (Å²) in [6.07, 6.45) is 6.42. The first-order chi connectivity index (χ1) is 11.8. The van der Waals surface area contributed by atoms with Crippen LogP contribution in [0.25, 0.3) is 16.8 Å². The Morgan fingerprint density at radius 1 is 0.958 bits per heavy atom. The van der Waals surface area contributed by atoms with Gasteiger partial charge in [-0.05, 0) is 52.9 Å². The van der Waals surface area contributed by atoms with Crippen LogP contribution < -0.4 is 0 Å². The molecule has 0 N–H and O–H groups in total. The largest absolute Gasteiger partial charge is 0.465 e. The van der Waals surface area contributed by atoms with Crippen LogP contribution in [0.1, 0.15) is 27.9 Å². The van der Waals surface area contributed by atoms with Crippen molar-refractivity contribution in [2.45, 2.75) is 12.8 Å². The predicted octanol–water partition coefficient (Wildman–Crippen LogP) is 5.27. The van der Waals surface area contributed by atoms with E-state index in [1.165, 1.54) is 18.2 Å². The van der Waals surface area contributed by atoms with Crippen molar-refractivity contribution in [3.8, 4) is 0 Å². The van der Waals surface area contributed by atoms with Gasteiger partial charge in [-0.15, -0.1) is 0 Å². The zero-order valence-corrected chi connectivity index (χ0v) is 13.7. The highest BCUT2D eigenvalue weighted by atomic mass is 16.5. The molecule has 0 bridgehead atoms. The molecule has 0 amide bonds. The van der Waals surface area contributed by atoms with Crippen LogP contribution in [-0.4, -0.2) is 13.1 Å². The van der Waals surface area contributed by atoms with Gasteiger partial charge in [0.05, 0.1) is 12.7 Å². The van der Waals surface area contributed by atoms with E-state index in [1.807, 2.05) is 24.3 Å². The summed E-state index contributed by atoms with van der Waals surface area (Å²) >= 11 is 0. The molecule has 0 aromatic heterocycles. The fourth-order valence-electron chi connectivity index (χ4n) is 2.73. The van der Waals surface area contributed by atoms with Gasteiger partial charge in [0.25, 0.3) is 0 Å². The molecule has 3 rings (SSSR count). The molecule has 2 nitrogen and oxygen atoms in total. The van der Waals surface area contributed by atoms with Crippen molar-refractivity contribution < 1.29 is 9.53 Å². The average molecular weight is 316 g/mol. The van der Waals surface area contributed by atoms with Crippen molar-refractivity contribution in [3.63, 3.8) is 0 Å². The van der Waals surface area contributed by atoms with Gasteiger partial charge in [0.2, 0.25) is 0 Å². The summed E-state index contributed by atoms with van der Waals surface area (Å²) in [6.45, 7) is 0. The zero-order chi connectivity index (χ0) is 16.8. The van der Waals surface area contributed by atoms with Gasteiger partial charge < -0.3 is 4.74 Å². The summed E-state index contributed by atoms with van der Waals surface area (Å²) in [5, 5.41) is 2.16. The van der Waals surface area contributed by atoms with E-state index in [2.05, 4.69) is 48.6 Å². The molecule has 0 saturated carbocycles. The van der Waals surface area contributed by atoms with E-state index in [9.17, 15) is 4.79 Å². The van der Waals surface area contributed by atoms with Crippen molar-refractivity contribution in [2.75, 3.05) is 7.11 Å². The van der Waals surface area contributed by atoms with E-state index in [-0.39, 0.29) is 5.97 Å². The third-order valence-electron chi connectivity index (χ3n) is 4.04. The summed E-state index contributed by atoms with van der Waals surface area (Å²) in [5.41, 5.74) is 3.11. The Balaban J connectivity index is 1.69. The van der Waals surface area contributed by atoms with Gasteiger partial charge in [0.1, 0.15) is 0 Å². The predicted molar refractivity (Wildman–Crippen MR) is 99.1 cm³/mol. The van der Waals surface area contributed by atoms with E-state index in [0.717, 1.165) is 23.6 Å². The molecule has 2 heteroatoms. The molecule has 0 unspecified atom stereocenters. The maximum atomic E-state index is 11.6. The Morgan fingerprint density at radius 3 is 2.50 bits per heavy atom. The molecule has 0 aliphatic carbocycles. The molecule has 0 fully saturated rings. The van der Waals surface area contributed by atoms with Crippen LogP contribution in [0.4, 0.5) is 0 Å². The number of hydrogen-bond donors (Lipinski definition) is 0. The van der Waals surface area contributed by atoms with Crippen LogP contribution >= 0.6 is 0 Å². The first-order valence-electron chi connectivity index (χ1n) is 8.09. The molecule has 0 radical (unpaired) electrons. The SMILES string of the molecule is COC(=O)c1ccc2cc(/C=C/CCc3ccccc3)ccc2c1. The van der Waals surface area contributed by atoms with E-state index in [1.54, 1.807) is 6.07 Å². The van der Waals surface area contributed by atoms with Crippen molar-refractivity contribution >= 4 is 22.8 Å². The smallest absolute Gasteiger partial charge is 0.337 e. The standard InChI is InChI=1S/C22H20O2/c1-24-22(23)21-14-13-19-15-18(11-12-20(19)16-21)10-6-5-9-17-7-3-2-4-8-17/h2-4,6-8,10-16H,5,9H2,1H3/b10-6+. The van der Waals surface area contributed by atoms with Crippen molar-refractivity contribution in [1.29, 1.82) is 0 Å². The van der Waals surface area contributed by atoms with Crippen LogP contribution in [0.15, 0.2) is 72.8 Å². The second-order valence-corrected chi connectivity index (χ2v) is 5.74. The number of ether oxygens (including phenoxy) is 1. The molecule has 120 valence electrons. The number of carbonyl (C=O) groups is 1. The van der Waals surface area contributed by atoms with Crippen molar-refractivity contribution in [1.82, 2.24) is 0 Å². The Kier molecular flexibility index (Phi) is 5.07. The lowest BCUT2D eigenvalue weighted by Crippen LogP contribution is -2.00. The van der Waals surface area contributed by atoms with Gasteiger partial charge >= 0.3 is 5.97 Å². The monoisotopic (exact) mass is 316 g/mol. The van der Waals surface area contributed by atoms with Crippen LogP contribution in [0.5, 0.6) is 0 Å². The Bertz CT molecular complexity index is 864. The topological polar surface area (TPSA) is 26.3 Å². The normalized spacial score (nSPS) is 11.0. The Morgan fingerprint density at radius 2 is 1.71 bits per heavy atom. The highest BCUT2D eigenvalue weighted by Gasteiger charge is 2.05. The average Bonchev–Trinajstić information content (AvgIpc) is 2.65. The van der Waals surface area contributed by atoms with Gasteiger partial charge in [-0.25, -0.2) is 4.79 Å². The van der Waals surface area contributed by atoms with Gasteiger partial charge in [0, 0.05) is 0 Å². The summed E-state index contributed by atoms with van der Waals surface area (Å²) in [4.78, 5) is 11.6. The third kappa shape index (κ3) is 3.90. The van der Waals surface area contributed by atoms with E-state index >= 15 is 0 Å². The first-order valence-corrected chi connectivity index (χ1v) is 8.09. The molecule has 3 aromatic rings. The number of aryl methyl sites for hydroxylation is 1. The summed E-state index contributed by atoms with van der Waals surface area (Å²) in [6, 6.07) is 22.4. The molecule has 3 aromatic carbocycles. The van der Waals surface area contributed by atoms with E-state index < -0.39 is 0 Å². The lowest BCUT2D eigenvalue weighted by Gasteiger charge is -2.03.